The number of hydrazone groups is 1. The van der Waals surface area contributed by atoms with E-state index < -0.39 is 22.5 Å². The second-order valence-corrected chi connectivity index (χ2v) is 9.68. The molecular formula is C23H22BrN3O5S. The number of halogens is 1. The van der Waals surface area contributed by atoms with Crippen LogP contribution < -0.4 is 19.2 Å². The first-order valence-corrected chi connectivity index (χ1v) is 12.4. The van der Waals surface area contributed by atoms with E-state index in [1.54, 1.807) is 36.4 Å². The summed E-state index contributed by atoms with van der Waals surface area (Å²) in [6, 6.07) is 21.0. The van der Waals surface area contributed by atoms with Crippen molar-refractivity contribution < 1.29 is 22.7 Å². The third kappa shape index (κ3) is 7.06. The molecule has 0 bridgehead atoms. The summed E-state index contributed by atoms with van der Waals surface area (Å²) in [4.78, 5) is 12.4. The molecule has 0 spiro atoms. The number of carbonyl (C=O) groups is 1. The van der Waals surface area contributed by atoms with Gasteiger partial charge in [0.25, 0.3) is 5.91 Å². The van der Waals surface area contributed by atoms with Gasteiger partial charge in [-0.05, 0) is 54.6 Å². The number of benzene rings is 3. The van der Waals surface area contributed by atoms with Crippen LogP contribution in [0.2, 0.25) is 0 Å². The molecule has 0 aliphatic rings. The normalized spacial score (nSPS) is 11.2. The van der Waals surface area contributed by atoms with Crippen LogP contribution in [0.25, 0.3) is 0 Å². The maximum Gasteiger partial charge on any atom is 0.260 e. The van der Waals surface area contributed by atoms with E-state index in [9.17, 15) is 13.2 Å². The molecule has 3 aromatic carbocycles. The average molecular weight is 532 g/mol. The SMILES string of the molecule is COc1ccc(Br)cc1/C=N\NC(=O)CN(c1ccc(Oc2ccccc2)cc1)S(C)(=O)=O. The third-order valence-corrected chi connectivity index (χ3v) is 6.01. The molecule has 0 atom stereocenters. The molecule has 0 aliphatic heterocycles. The van der Waals surface area contributed by atoms with Crippen LogP contribution in [-0.4, -0.2) is 40.4 Å². The predicted octanol–water partition coefficient (Wildman–Crippen LogP) is 4.17. The van der Waals surface area contributed by atoms with E-state index in [2.05, 4.69) is 26.5 Å². The molecule has 0 aromatic heterocycles. The molecule has 0 fully saturated rings. The summed E-state index contributed by atoms with van der Waals surface area (Å²) in [6.07, 6.45) is 2.45. The molecule has 0 radical (unpaired) electrons. The van der Waals surface area contributed by atoms with Crippen molar-refractivity contribution in [2.75, 3.05) is 24.2 Å². The minimum atomic E-state index is -3.72. The zero-order chi connectivity index (χ0) is 23.8. The number of rotatable bonds is 9. The van der Waals surface area contributed by atoms with Crippen LogP contribution in [0, 0.1) is 0 Å². The van der Waals surface area contributed by atoms with Crippen molar-refractivity contribution in [3.8, 4) is 17.2 Å². The van der Waals surface area contributed by atoms with Gasteiger partial charge in [-0.3, -0.25) is 9.10 Å². The number of hydrogen-bond acceptors (Lipinski definition) is 6. The summed E-state index contributed by atoms with van der Waals surface area (Å²) >= 11 is 3.36. The first-order chi connectivity index (χ1) is 15.8. The number of para-hydroxylation sites is 1. The van der Waals surface area contributed by atoms with E-state index in [-0.39, 0.29) is 0 Å². The fourth-order valence-electron chi connectivity index (χ4n) is 2.85. The topological polar surface area (TPSA) is 97.3 Å². The summed E-state index contributed by atoms with van der Waals surface area (Å²) in [5.41, 5.74) is 3.31. The highest BCUT2D eigenvalue weighted by molar-refractivity contribution is 9.10. The first-order valence-electron chi connectivity index (χ1n) is 9.72. The predicted molar refractivity (Wildman–Crippen MR) is 132 cm³/mol. The minimum Gasteiger partial charge on any atom is -0.496 e. The third-order valence-electron chi connectivity index (χ3n) is 4.38. The number of carbonyl (C=O) groups excluding carboxylic acids is 1. The Bertz CT molecular complexity index is 1230. The summed E-state index contributed by atoms with van der Waals surface area (Å²) in [5, 5.41) is 3.91. The molecule has 10 heteroatoms. The molecular weight excluding hydrogens is 510 g/mol. The Balaban J connectivity index is 1.68. The zero-order valence-electron chi connectivity index (χ0n) is 17.9. The monoisotopic (exact) mass is 531 g/mol. The molecule has 3 rings (SSSR count). The Kier molecular flexibility index (Phi) is 8.07. The highest BCUT2D eigenvalue weighted by Gasteiger charge is 2.21. The Labute approximate surface area is 201 Å². The van der Waals surface area contributed by atoms with E-state index in [4.69, 9.17) is 9.47 Å². The molecule has 3 aromatic rings. The fourth-order valence-corrected chi connectivity index (χ4v) is 4.09. The van der Waals surface area contributed by atoms with Crippen molar-refractivity contribution in [2.24, 2.45) is 5.10 Å². The van der Waals surface area contributed by atoms with Gasteiger partial charge in [0.15, 0.2) is 0 Å². The summed E-state index contributed by atoms with van der Waals surface area (Å²) in [7, 11) is -2.20. The number of methoxy groups -OCH3 is 1. The van der Waals surface area contributed by atoms with E-state index in [1.165, 1.54) is 13.3 Å². The molecule has 0 unspecified atom stereocenters. The first kappa shape index (κ1) is 24.3. The van der Waals surface area contributed by atoms with Gasteiger partial charge in [0.05, 0.1) is 25.3 Å². The summed E-state index contributed by atoms with van der Waals surface area (Å²) in [6.45, 7) is -0.440. The smallest absolute Gasteiger partial charge is 0.260 e. The lowest BCUT2D eigenvalue weighted by Gasteiger charge is -2.21. The van der Waals surface area contributed by atoms with Crippen LogP contribution in [0.4, 0.5) is 5.69 Å². The molecule has 33 heavy (non-hydrogen) atoms. The van der Waals surface area contributed by atoms with Gasteiger partial charge in [-0.2, -0.15) is 5.10 Å². The fraction of sp³-hybridized carbons (Fsp3) is 0.130. The number of nitrogens with zero attached hydrogens (tertiary/aromatic N) is 2. The van der Waals surface area contributed by atoms with Crippen LogP contribution in [0.15, 0.2) is 82.4 Å². The van der Waals surface area contributed by atoms with Gasteiger partial charge >= 0.3 is 0 Å². The van der Waals surface area contributed by atoms with Crippen molar-refractivity contribution in [2.45, 2.75) is 0 Å². The number of ether oxygens (including phenoxy) is 2. The second kappa shape index (κ2) is 11.0. The van der Waals surface area contributed by atoms with Gasteiger partial charge in [-0.1, -0.05) is 34.1 Å². The molecule has 0 saturated heterocycles. The number of sulfonamides is 1. The largest absolute Gasteiger partial charge is 0.496 e. The Morgan fingerprint density at radius 2 is 1.73 bits per heavy atom. The van der Waals surface area contributed by atoms with Crippen LogP contribution in [0.1, 0.15) is 5.56 Å². The lowest BCUT2D eigenvalue weighted by molar-refractivity contribution is -0.119. The maximum absolute atomic E-state index is 12.4. The number of amides is 1. The van der Waals surface area contributed by atoms with Crippen molar-refractivity contribution in [3.05, 3.63) is 82.8 Å². The van der Waals surface area contributed by atoms with Gasteiger partial charge in [0.1, 0.15) is 23.8 Å². The standard InChI is InChI=1S/C23H22BrN3O5S/c1-31-22-13-8-18(24)14-17(22)15-25-26-23(28)16-27(33(2,29)30)19-9-11-21(12-10-19)32-20-6-4-3-5-7-20/h3-15H,16H2,1-2H3,(H,26,28)/b25-15-. The second-order valence-electron chi connectivity index (χ2n) is 6.86. The summed E-state index contributed by atoms with van der Waals surface area (Å²) in [5.74, 6) is 1.17. The summed E-state index contributed by atoms with van der Waals surface area (Å²) < 4.78 is 37.4. The molecule has 8 nitrogen and oxygen atoms in total. The lowest BCUT2D eigenvalue weighted by atomic mass is 10.2. The molecule has 0 heterocycles. The highest BCUT2D eigenvalue weighted by Crippen LogP contribution is 2.25. The maximum atomic E-state index is 12.4. The number of nitrogens with one attached hydrogen (secondary N) is 1. The number of hydrogen-bond donors (Lipinski definition) is 1. The lowest BCUT2D eigenvalue weighted by Crippen LogP contribution is -2.39. The van der Waals surface area contributed by atoms with E-state index in [1.807, 2.05) is 36.4 Å². The van der Waals surface area contributed by atoms with Crippen LogP contribution in [0.3, 0.4) is 0 Å². The highest BCUT2D eigenvalue weighted by atomic mass is 79.9. The Morgan fingerprint density at radius 1 is 1.06 bits per heavy atom. The zero-order valence-corrected chi connectivity index (χ0v) is 20.3. The molecule has 1 N–H and O–H groups in total. The van der Waals surface area contributed by atoms with E-state index in [0.29, 0.717) is 28.5 Å². The quantitative estimate of drug-likeness (QED) is 0.330. The molecule has 0 saturated carbocycles. The van der Waals surface area contributed by atoms with Crippen molar-refractivity contribution >= 4 is 43.8 Å². The molecule has 172 valence electrons. The van der Waals surface area contributed by atoms with Crippen LogP contribution >= 0.6 is 15.9 Å². The average Bonchev–Trinajstić information content (AvgIpc) is 2.78. The Hall–Kier alpha value is -3.37. The molecule has 1 amide bonds. The van der Waals surface area contributed by atoms with Gasteiger partial charge in [-0.15, -0.1) is 0 Å². The van der Waals surface area contributed by atoms with Crippen molar-refractivity contribution in [3.63, 3.8) is 0 Å². The van der Waals surface area contributed by atoms with Crippen LogP contribution in [0.5, 0.6) is 17.2 Å². The van der Waals surface area contributed by atoms with Crippen molar-refractivity contribution in [1.29, 1.82) is 0 Å². The van der Waals surface area contributed by atoms with Crippen molar-refractivity contribution in [1.82, 2.24) is 5.43 Å². The Morgan fingerprint density at radius 3 is 2.36 bits per heavy atom. The van der Waals surface area contributed by atoms with Gasteiger partial charge in [-0.25, -0.2) is 13.8 Å². The van der Waals surface area contributed by atoms with Gasteiger partial charge in [0, 0.05) is 10.0 Å². The van der Waals surface area contributed by atoms with E-state index in [0.717, 1.165) is 15.0 Å². The van der Waals surface area contributed by atoms with Gasteiger partial charge in [0.2, 0.25) is 10.0 Å². The minimum absolute atomic E-state index is 0.325. The van der Waals surface area contributed by atoms with Crippen LogP contribution in [-0.2, 0) is 14.8 Å². The number of anilines is 1. The van der Waals surface area contributed by atoms with Gasteiger partial charge < -0.3 is 9.47 Å². The molecule has 0 aliphatic carbocycles. The van der Waals surface area contributed by atoms with E-state index >= 15 is 0 Å².